The number of benzene rings is 2. The van der Waals surface area contributed by atoms with Crippen molar-refractivity contribution >= 4 is 25.2 Å². The Morgan fingerprint density at radius 1 is 0.930 bits per heavy atom. The van der Waals surface area contributed by atoms with Crippen LogP contribution in [0.4, 0.5) is 0 Å². The van der Waals surface area contributed by atoms with Gasteiger partial charge >= 0.3 is 5.97 Å². The number of carbonyl (C=O) groups is 1. The van der Waals surface area contributed by atoms with Crippen molar-refractivity contribution in [3.63, 3.8) is 0 Å². The Balaban J connectivity index is 1.88. The van der Waals surface area contributed by atoms with Crippen LogP contribution in [0.5, 0.6) is 11.5 Å². The van der Waals surface area contributed by atoms with Crippen LogP contribution in [-0.4, -0.2) is 44.8 Å². The molecule has 0 aliphatic rings. The van der Waals surface area contributed by atoms with Crippen LogP contribution in [0, 0.1) is 0 Å². The van der Waals surface area contributed by atoms with Crippen LogP contribution in [0.1, 0.15) is 54.9 Å². The lowest BCUT2D eigenvalue weighted by atomic mass is 9.99. The summed E-state index contributed by atoms with van der Waals surface area (Å²) >= 11 is 0. The van der Waals surface area contributed by atoms with Crippen molar-refractivity contribution in [2.24, 2.45) is 7.05 Å². The topological polar surface area (TPSA) is 80.9 Å². The van der Waals surface area contributed by atoms with Gasteiger partial charge in [0.25, 0.3) is 5.56 Å². The zero-order valence-electron chi connectivity index (χ0n) is 27.1. The zero-order valence-corrected chi connectivity index (χ0v) is 28.1. The number of pyridine rings is 1. The second kappa shape index (κ2) is 12.4. The second-order valence-electron chi connectivity index (χ2n) is 12.4. The van der Waals surface area contributed by atoms with Gasteiger partial charge in [-0.1, -0.05) is 33.8 Å². The minimum atomic E-state index is -1.93. The first-order valence-corrected chi connectivity index (χ1v) is 17.5. The van der Waals surface area contributed by atoms with Gasteiger partial charge in [0.2, 0.25) is 0 Å². The minimum Gasteiger partial charge on any atom is -0.497 e. The van der Waals surface area contributed by atoms with Crippen molar-refractivity contribution in [3.8, 4) is 22.8 Å². The number of hydrogen-bond donors (Lipinski definition) is 0. The van der Waals surface area contributed by atoms with Crippen molar-refractivity contribution in [2.45, 2.75) is 65.4 Å². The number of aryl methyl sites for hydroxylation is 2. The van der Waals surface area contributed by atoms with E-state index >= 15 is 0 Å². The molecule has 2 aromatic carbocycles. The maximum atomic E-state index is 13.9. The number of aromatic nitrogens is 2. The molecule has 0 N–H and O–H groups in total. The smallest absolute Gasteiger partial charge is 0.343 e. The molecule has 8 nitrogen and oxygen atoms in total. The molecule has 43 heavy (non-hydrogen) atoms. The van der Waals surface area contributed by atoms with Crippen molar-refractivity contribution in [2.75, 3.05) is 21.3 Å². The minimum absolute atomic E-state index is 0.00133. The van der Waals surface area contributed by atoms with Crippen LogP contribution in [0.2, 0.25) is 18.1 Å². The Hall–Kier alpha value is -3.82. The SMILES string of the molecule is CCc1cc(C(=O)OC)c(=O)n(Cc2ccc(OC)cc2OC)c1-c1ccc2c(c1)cc(CO[Si](C)(C)C(C)(C)C)n2C. The monoisotopic (exact) mass is 604 g/mol. The summed E-state index contributed by atoms with van der Waals surface area (Å²) in [7, 11) is 4.59. The first kappa shape index (κ1) is 32.1. The van der Waals surface area contributed by atoms with E-state index in [1.807, 2.05) is 25.1 Å². The van der Waals surface area contributed by atoms with Crippen LogP contribution >= 0.6 is 0 Å². The maximum absolute atomic E-state index is 13.9. The molecule has 4 rings (SSSR count). The zero-order chi connectivity index (χ0) is 31.7. The van der Waals surface area contributed by atoms with E-state index in [1.54, 1.807) is 30.9 Å². The van der Waals surface area contributed by atoms with E-state index in [4.69, 9.17) is 18.6 Å². The summed E-state index contributed by atoms with van der Waals surface area (Å²) in [5, 5.41) is 1.17. The third-order valence-electron chi connectivity index (χ3n) is 8.78. The van der Waals surface area contributed by atoms with Crippen LogP contribution < -0.4 is 15.0 Å². The number of nitrogens with zero attached hydrogens (tertiary/aromatic N) is 2. The van der Waals surface area contributed by atoms with E-state index in [0.29, 0.717) is 24.5 Å². The van der Waals surface area contributed by atoms with E-state index in [-0.39, 0.29) is 17.1 Å². The maximum Gasteiger partial charge on any atom is 0.343 e. The summed E-state index contributed by atoms with van der Waals surface area (Å²) in [5.41, 5.74) is 5.03. The van der Waals surface area contributed by atoms with Gasteiger partial charge in [-0.2, -0.15) is 0 Å². The average Bonchev–Trinajstić information content (AvgIpc) is 3.30. The summed E-state index contributed by atoms with van der Waals surface area (Å²) in [5.74, 6) is 0.573. The Bertz CT molecular complexity index is 1710. The Kier molecular flexibility index (Phi) is 9.27. The molecule has 4 aromatic rings. The molecule has 0 aliphatic heterocycles. The molecule has 2 aromatic heterocycles. The number of hydrogen-bond acceptors (Lipinski definition) is 6. The van der Waals surface area contributed by atoms with Gasteiger partial charge in [0.1, 0.15) is 17.1 Å². The molecule has 0 aliphatic carbocycles. The summed E-state index contributed by atoms with van der Waals surface area (Å²) in [6, 6.07) is 15.5. The van der Waals surface area contributed by atoms with E-state index in [2.05, 4.69) is 63.7 Å². The molecule has 0 bridgehead atoms. The second-order valence-corrected chi connectivity index (χ2v) is 17.2. The number of carbonyl (C=O) groups excluding carboxylic acids is 1. The fourth-order valence-electron chi connectivity index (χ4n) is 5.06. The Morgan fingerprint density at radius 2 is 1.65 bits per heavy atom. The fourth-order valence-corrected chi connectivity index (χ4v) is 6.00. The van der Waals surface area contributed by atoms with Gasteiger partial charge in [0, 0.05) is 35.3 Å². The lowest BCUT2D eigenvalue weighted by molar-refractivity contribution is 0.0598. The average molecular weight is 605 g/mol. The molecule has 9 heteroatoms. The highest BCUT2D eigenvalue weighted by Gasteiger charge is 2.37. The van der Waals surface area contributed by atoms with Gasteiger partial charge < -0.3 is 27.8 Å². The predicted molar refractivity (Wildman–Crippen MR) is 174 cm³/mol. The molecule has 2 heterocycles. The largest absolute Gasteiger partial charge is 0.497 e. The quantitative estimate of drug-likeness (QED) is 0.144. The van der Waals surface area contributed by atoms with E-state index in [1.165, 1.54) is 7.11 Å². The molecule has 0 unspecified atom stereocenters. The summed E-state index contributed by atoms with van der Waals surface area (Å²) in [6.07, 6.45) is 0.609. The fraction of sp³-hybridized carbons (Fsp3) is 0.412. The van der Waals surface area contributed by atoms with Crippen LogP contribution in [0.25, 0.3) is 22.2 Å². The number of esters is 1. The van der Waals surface area contributed by atoms with Gasteiger partial charge in [-0.3, -0.25) is 4.79 Å². The van der Waals surface area contributed by atoms with E-state index in [9.17, 15) is 9.59 Å². The van der Waals surface area contributed by atoms with Gasteiger partial charge in [0.15, 0.2) is 8.32 Å². The van der Waals surface area contributed by atoms with Crippen molar-refractivity contribution in [1.29, 1.82) is 0 Å². The lowest BCUT2D eigenvalue weighted by Crippen LogP contribution is -2.40. The molecule has 0 atom stereocenters. The highest BCUT2D eigenvalue weighted by Crippen LogP contribution is 2.38. The summed E-state index contributed by atoms with van der Waals surface area (Å²) in [4.78, 5) is 26.6. The molecule has 0 saturated heterocycles. The Labute approximate surface area is 255 Å². The molecule has 0 radical (unpaired) electrons. The molecule has 0 saturated carbocycles. The van der Waals surface area contributed by atoms with Crippen molar-refractivity contribution < 1.29 is 23.4 Å². The van der Waals surface area contributed by atoms with Gasteiger partial charge in [-0.05, 0) is 72.1 Å². The van der Waals surface area contributed by atoms with Crippen LogP contribution in [-0.2, 0) is 35.8 Å². The number of fused-ring (bicyclic) bond motifs is 1. The molecular formula is C34H44N2O6Si. The molecule has 230 valence electrons. The normalized spacial score (nSPS) is 12.0. The molecule has 0 amide bonds. The van der Waals surface area contributed by atoms with Gasteiger partial charge in [0.05, 0.1) is 40.2 Å². The Morgan fingerprint density at radius 3 is 2.26 bits per heavy atom. The van der Waals surface area contributed by atoms with Crippen molar-refractivity contribution in [3.05, 3.63) is 81.3 Å². The van der Waals surface area contributed by atoms with E-state index in [0.717, 1.165) is 39.0 Å². The first-order chi connectivity index (χ1) is 20.3. The molecule has 0 spiro atoms. The summed E-state index contributed by atoms with van der Waals surface area (Å²) < 4.78 is 26.3. The van der Waals surface area contributed by atoms with Crippen LogP contribution in [0.15, 0.2) is 53.3 Å². The lowest BCUT2D eigenvalue weighted by Gasteiger charge is -2.36. The number of rotatable bonds is 10. The predicted octanol–water partition coefficient (Wildman–Crippen LogP) is 6.94. The highest BCUT2D eigenvalue weighted by atomic mass is 28.4. The van der Waals surface area contributed by atoms with Crippen LogP contribution in [0.3, 0.4) is 0 Å². The number of ether oxygens (including phenoxy) is 3. The molecule has 0 fully saturated rings. The third-order valence-corrected chi connectivity index (χ3v) is 13.3. The first-order valence-electron chi connectivity index (χ1n) is 14.5. The number of methoxy groups -OCH3 is 3. The van der Waals surface area contributed by atoms with Gasteiger partial charge in [-0.25, -0.2) is 4.79 Å². The summed E-state index contributed by atoms with van der Waals surface area (Å²) in [6.45, 7) is 14.0. The highest BCUT2D eigenvalue weighted by molar-refractivity contribution is 6.74. The molecular weight excluding hydrogens is 560 g/mol. The van der Waals surface area contributed by atoms with Gasteiger partial charge in [-0.15, -0.1) is 0 Å². The third kappa shape index (κ3) is 6.28. The van der Waals surface area contributed by atoms with E-state index < -0.39 is 19.8 Å². The van der Waals surface area contributed by atoms with Crippen molar-refractivity contribution in [1.82, 2.24) is 9.13 Å². The standard InChI is InChI=1S/C34H44N2O6Si/c1-11-22-18-28(33(38)41-8)32(37)36(20-24-12-14-27(39-6)19-30(24)40-7)31(22)23-13-15-29-25(16-23)17-26(35(29)5)21-42-43(9,10)34(2,3)4/h12-19H,11,20-21H2,1-10H3.